The molecule has 0 saturated heterocycles. The lowest BCUT2D eigenvalue weighted by molar-refractivity contribution is 0.149. The Morgan fingerprint density at radius 2 is 1.80 bits per heavy atom. The second-order valence-electron chi connectivity index (χ2n) is 3.94. The van der Waals surface area contributed by atoms with Gasteiger partial charge in [-0.2, -0.15) is 0 Å². The normalized spacial score (nSPS) is 11.2. The largest absolute Gasteiger partial charge is 0.383 e. The van der Waals surface area contributed by atoms with Crippen molar-refractivity contribution in [3.05, 3.63) is 0 Å². The fraction of sp³-hybridized carbons (Fsp3) is 1.00. The van der Waals surface area contributed by atoms with Crippen molar-refractivity contribution >= 4 is 0 Å². The van der Waals surface area contributed by atoms with Gasteiger partial charge in [0.15, 0.2) is 0 Å². The van der Waals surface area contributed by atoms with Gasteiger partial charge < -0.3 is 15.0 Å². The highest BCUT2D eigenvalue weighted by molar-refractivity contribution is 4.55. The number of nitrogens with zero attached hydrogens (tertiary/aromatic N) is 1. The molecule has 0 saturated carbocycles. The molecule has 0 amide bonds. The summed E-state index contributed by atoms with van der Waals surface area (Å²) in [6.45, 7) is 7.66. The van der Waals surface area contributed by atoms with Gasteiger partial charge in [-0.3, -0.25) is 0 Å². The molecular formula is C12H28N2O. The second-order valence-corrected chi connectivity index (χ2v) is 3.94. The number of hydrogen-bond acceptors (Lipinski definition) is 3. The number of hydrogen-bond donors (Lipinski definition) is 1. The predicted molar refractivity (Wildman–Crippen MR) is 66.4 cm³/mol. The highest BCUT2D eigenvalue weighted by Gasteiger charge is 2.00. The quantitative estimate of drug-likeness (QED) is 0.532. The lowest BCUT2D eigenvalue weighted by atomic mass is 10.2. The maximum Gasteiger partial charge on any atom is 0.0589 e. The monoisotopic (exact) mass is 216 g/mol. The van der Waals surface area contributed by atoms with Crippen LogP contribution in [-0.4, -0.2) is 51.8 Å². The van der Waals surface area contributed by atoms with Crippen LogP contribution in [0, 0.1) is 0 Å². The van der Waals surface area contributed by atoms with Crippen molar-refractivity contribution in [3.63, 3.8) is 0 Å². The highest BCUT2D eigenvalue weighted by atomic mass is 16.5. The summed E-state index contributed by atoms with van der Waals surface area (Å²) in [6, 6.07) is 0. The van der Waals surface area contributed by atoms with Gasteiger partial charge in [-0.1, -0.05) is 19.8 Å². The Labute approximate surface area is 95.2 Å². The van der Waals surface area contributed by atoms with Gasteiger partial charge >= 0.3 is 0 Å². The number of nitrogens with one attached hydrogen (secondary N) is 1. The summed E-state index contributed by atoms with van der Waals surface area (Å²) >= 11 is 0. The Bertz CT molecular complexity index is 120. The van der Waals surface area contributed by atoms with Crippen LogP contribution in [0.5, 0.6) is 0 Å². The van der Waals surface area contributed by atoms with Crippen LogP contribution in [0.25, 0.3) is 0 Å². The standard InChI is InChI=1S/C12H28N2O/c1-4-14(11-12-15-3)10-8-6-5-7-9-13-2/h13H,4-12H2,1-3H3. The van der Waals surface area contributed by atoms with E-state index in [1.54, 1.807) is 7.11 Å². The molecule has 3 heteroatoms. The second kappa shape index (κ2) is 12.0. The van der Waals surface area contributed by atoms with Gasteiger partial charge in [-0.15, -0.1) is 0 Å². The molecule has 92 valence electrons. The fourth-order valence-electron chi connectivity index (χ4n) is 1.64. The van der Waals surface area contributed by atoms with Crippen molar-refractivity contribution in [1.29, 1.82) is 0 Å². The van der Waals surface area contributed by atoms with Gasteiger partial charge in [-0.25, -0.2) is 0 Å². The van der Waals surface area contributed by atoms with Crippen molar-refractivity contribution in [2.45, 2.75) is 32.6 Å². The molecule has 0 aromatic rings. The average molecular weight is 216 g/mol. The van der Waals surface area contributed by atoms with Crippen molar-refractivity contribution in [3.8, 4) is 0 Å². The van der Waals surface area contributed by atoms with Crippen LogP contribution >= 0.6 is 0 Å². The number of likely N-dealkylation sites (N-methyl/N-ethyl adjacent to an activating group) is 1. The van der Waals surface area contributed by atoms with Crippen molar-refractivity contribution in [2.24, 2.45) is 0 Å². The van der Waals surface area contributed by atoms with Crippen molar-refractivity contribution < 1.29 is 4.74 Å². The van der Waals surface area contributed by atoms with Gasteiger partial charge in [0.25, 0.3) is 0 Å². The Kier molecular flexibility index (Phi) is 11.9. The Balaban J connectivity index is 3.22. The zero-order valence-corrected chi connectivity index (χ0v) is 10.7. The molecule has 3 nitrogen and oxygen atoms in total. The molecule has 0 bridgehead atoms. The smallest absolute Gasteiger partial charge is 0.0589 e. The minimum atomic E-state index is 0.855. The summed E-state index contributed by atoms with van der Waals surface area (Å²) in [4.78, 5) is 2.46. The van der Waals surface area contributed by atoms with Crippen LogP contribution in [0.4, 0.5) is 0 Å². The first-order valence-corrected chi connectivity index (χ1v) is 6.21. The Hall–Kier alpha value is -0.120. The third-order valence-corrected chi connectivity index (χ3v) is 2.71. The SMILES string of the molecule is CCN(CCCCCCNC)CCOC. The van der Waals surface area contributed by atoms with Gasteiger partial charge in [0.1, 0.15) is 0 Å². The van der Waals surface area contributed by atoms with Gasteiger partial charge in [0.05, 0.1) is 6.61 Å². The zero-order valence-electron chi connectivity index (χ0n) is 10.7. The van der Waals surface area contributed by atoms with Crippen LogP contribution in [0.15, 0.2) is 0 Å². The lowest BCUT2D eigenvalue weighted by Crippen LogP contribution is -2.28. The van der Waals surface area contributed by atoms with E-state index in [0.29, 0.717) is 0 Å². The molecule has 0 unspecified atom stereocenters. The van der Waals surface area contributed by atoms with E-state index in [2.05, 4.69) is 17.1 Å². The van der Waals surface area contributed by atoms with Crippen molar-refractivity contribution in [1.82, 2.24) is 10.2 Å². The molecule has 0 heterocycles. The molecule has 0 radical (unpaired) electrons. The number of rotatable bonds is 11. The molecule has 0 aliphatic carbocycles. The van der Waals surface area contributed by atoms with Gasteiger partial charge in [-0.05, 0) is 39.5 Å². The highest BCUT2D eigenvalue weighted by Crippen LogP contribution is 2.01. The maximum absolute atomic E-state index is 5.08. The summed E-state index contributed by atoms with van der Waals surface area (Å²) in [5.41, 5.74) is 0. The van der Waals surface area contributed by atoms with E-state index in [0.717, 1.165) is 26.2 Å². The molecule has 1 N–H and O–H groups in total. The molecule has 15 heavy (non-hydrogen) atoms. The molecular weight excluding hydrogens is 188 g/mol. The van der Waals surface area contributed by atoms with E-state index in [-0.39, 0.29) is 0 Å². The van der Waals surface area contributed by atoms with E-state index in [4.69, 9.17) is 4.74 Å². The van der Waals surface area contributed by atoms with Crippen LogP contribution < -0.4 is 5.32 Å². The Morgan fingerprint density at radius 3 is 2.40 bits per heavy atom. The third-order valence-electron chi connectivity index (χ3n) is 2.71. The molecule has 0 aromatic carbocycles. The minimum absolute atomic E-state index is 0.855. The summed E-state index contributed by atoms with van der Waals surface area (Å²) < 4.78 is 5.08. The summed E-state index contributed by atoms with van der Waals surface area (Å²) in [6.07, 6.45) is 5.33. The van der Waals surface area contributed by atoms with Gasteiger partial charge in [0, 0.05) is 13.7 Å². The summed E-state index contributed by atoms with van der Waals surface area (Å²) in [5, 5.41) is 3.18. The molecule has 0 aliphatic rings. The molecule has 0 atom stereocenters. The van der Waals surface area contributed by atoms with Crippen LogP contribution in [0.1, 0.15) is 32.6 Å². The van der Waals surface area contributed by atoms with E-state index < -0.39 is 0 Å². The topological polar surface area (TPSA) is 24.5 Å². The fourth-order valence-corrected chi connectivity index (χ4v) is 1.64. The van der Waals surface area contributed by atoms with Crippen LogP contribution in [-0.2, 0) is 4.74 Å². The number of methoxy groups -OCH3 is 1. The zero-order chi connectivity index (χ0) is 11.4. The summed E-state index contributed by atoms with van der Waals surface area (Å²) in [5.74, 6) is 0. The van der Waals surface area contributed by atoms with Crippen LogP contribution in [0.3, 0.4) is 0 Å². The van der Waals surface area contributed by atoms with Crippen LogP contribution in [0.2, 0.25) is 0 Å². The molecule has 0 rings (SSSR count). The number of unbranched alkanes of at least 4 members (excludes halogenated alkanes) is 3. The van der Waals surface area contributed by atoms with E-state index in [9.17, 15) is 0 Å². The van der Waals surface area contributed by atoms with E-state index in [1.807, 2.05) is 7.05 Å². The van der Waals surface area contributed by atoms with Crippen molar-refractivity contribution in [2.75, 3.05) is 46.9 Å². The van der Waals surface area contributed by atoms with Gasteiger partial charge in [0.2, 0.25) is 0 Å². The first kappa shape index (κ1) is 14.9. The average Bonchev–Trinajstić information content (AvgIpc) is 2.27. The first-order valence-electron chi connectivity index (χ1n) is 6.21. The molecule has 0 aliphatic heterocycles. The maximum atomic E-state index is 5.08. The van der Waals surface area contributed by atoms with E-state index in [1.165, 1.54) is 32.2 Å². The molecule has 0 aromatic heterocycles. The molecule has 0 spiro atoms. The summed E-state index contributed by atoms with van der Waals surface area (Å²) in [7, 11) is 3.79. The minimum Gasteiger partial charge on any atom is -0.383 e. The number of ether oxygens (including phenoxy) is 1. The Morgan fingerprint density at radius 1 is 1.07 bits per heavy atom. The predicted octanol–water partition coefficient (Wildman–Crippen LogP) is 1.73. The van der Waals surface area contributed by atoms with E-state index >= 15 is 0 Å². The first-order chi connectivity index (χ1) is 7.35. The molecule has 0 fully saturated rings. The lowest BCUT2D eigenvalue weighted by Gasteiger charge is -2.19. The third kappa shape index (κ3) is 10.2.